The number of likely N-dealkylation sites (tertiary alicyclic amines) is 1. The normalized spacial score (nSPS) is 27.9. The Kier molecular flexibility index (Phi) is 4.10. The minimum Gasteiger partial charge on any atom is -0.481 e. The first-order chi connectivity index (χ1) is 10.0. The Morgan fingerprint density at radius 1 is 1.52 bits per heavy atom. The number of aliphatic carboxylic acids is 1. The van der Waals surface area contributed by atoms with E-state index in [1.165, 1.54) is 4.88 Å². The molecule has 1 saturated heterocycles. The fraction of sp³-hybridized carbons (Fsp3) is 0.600. The number of fused-ring (bicyclic) bond motifs is 1. The third-order valence-electron chi connectivity index (χ3n) is 4.86. The molecule has 1 aliphatic carbocycles. The minimum absolute atomic E-state index is 0.0922. The number of hydrogen-bond donors (Lipinski definition) is 1. The summed E-state index contributed by atoms with van der Waals surface area (Å²) in [6, 6.07) is 2.04. The summed E-state index contributed by atoms with van der Waals surface area (Å²) in [5.41, 5.74) is -0.665. The minimum atomic E-state index is -0.720. The molecule has 1 aromatic rings. The first-order valence-corrected chi connectivity index (χ1v) is 8.92. The Labute approximate surface area is 136 Å². The van der Waals surface area contributed by atoms with Gasteiger partial charge in [-0.2, -0.15) is 0 Å². The number of rotatable bonds is 4. The van der Waals surface area contributed by atoms with Crippen LogP contribution in [0.25, 0.3) is 0 Å². The van der Waals surface area contributed by atoms with Crippen LogP contribution in [0.2, 0.25) is 0 Å². The number of amides is 1. The monoisotopic (exact) mass is 371 g/mol. The van der Waals surface area contributed by atoms with Crippen molar-refractivity contribution in [1.29, 1.82) is 0 Å². The third-order valence-corrected chi connectivity index (χ3v) is 6.61. The highest BCUT2D eigenvalue weighted by atomic mass is 79.9. The molecule has 2 atom stereocenters. The first-order valence-electron chi connectivity index (χ1n) is 7.25. The van der Waals surface area contributed by atoms with Crippen LogP contribution in [0.3, 0.4) is 0 Å². The van der Waals surface area contributed by atoms with Crippen LogP contribution in [0.5, 0.6) is 0 Å². The van der Waals surface area contributed by atoms with Gasteiger partial charge in [-0.15, -0.1) is 11.3 Å². The van der Waals surface area contributed by atoms with Crippen molar-refractivity contribution in [2.24, 2.45) is 11.3 Å². The Morgan fingerprint density at radius 3 is 2.95 bits per heavy atom. The van der Waals surface area contributed by atoms with Gasteiger partial charge in [-0.3, -0.25) is 9.59 Å². The lowest BCUT2D eigenvalue weighted by atomic mass is 9.81. The molecule has 0 aromatic carbocycles. The lowest BCUT2D eigenvalue weighted by Gasteiger charge is -2.23. The lowest BCUT2D eigenvalue weighted by molar-refractivity contribution is -0.149. The smallest absolute Gasteiger partial charge is 0.311 e. The first kappa shape index (κ1) is 15.0. The van der Waals surface area contributed by atoms with Crippen LogP contribution in [-0.4, -0.2) is 35.0 Å². The van der Waals surface area contributed by atoms with Crippen LogP contribution in [0.15, 0.2) is 15.9 Å². The van der Waals surface area contributed by atoms with Crippen molar-refractivity contribution in [2.75, 3.05) is 13.1 Å². The highest BCUT2D eigenvalue weighted by Crippen LogP contribution is 2.49. The number of hydrogen-bond acceptors (Lipinski definition) is 3. The predicted molar refractivity (Wildman–Crippen MR) is 84.3 cm³/mol. The van der Waals surface area contributed by atoms with Gasteiger partial charge < -0.3 is 10.0 Å². The highest BCUT2D eigenvalue weighted by molar-refractivity contribution is 9.10. The second kappa shape index (κ2) is 5.72. The maximum absolute atomic E-state index is 12.3. The molecule has 1 aromatic heterocycles. The van der Waals surface area contributed by atoms with Crippen LogP contribution in [0.4, 0.5) is 0 Å². The van der Waals surface area contributed by atoms with E-state index in [4.69, 9.17) is 0 Å². The van der Waals surface area contributed by atoms with Crippen molar-refractivity contribution in [3.63, 3.8) is 0 Å². The van der Waals surface area contributed by atoms with Gasteiger partial charge in [-0.05, 0) is 47.2 Å². The van der Waals surface area contributed by atoms with Gasteiger partial charge in [0.05, 0.1) is 5.41 Å². The summed E-state index contributed by atoms with van der Waals surface area (Å²) >= 11 is 5.05. The molecular formula is C15H18BrNO3S. The summed E-state index contributed by atoms with van der Waals surface area (Å²) in [6.45, 7) is 1.03. The highest BCUT2D eigenvalue weighted by Gasteiger charge is 2.55. The van der Waals surface area contributed by atoms with E-state index in [1.54, 1.807) is 16.2 Å². The number of carbonyl (C=O) groups is 2. The molecular weight excluding hydrogens is 354 g/mol. The van der Waals surface area contributed by atoms with E-state index in [2.05, 4.69) is 15.9 Å². The predicted octanol–water partition coefficient (Wildman–Crippen LogP) is 3.16. The van der Waals surface area contributed by atoms with Crippen LogP contribution in [0, 0.1) is 11.3 Å². The quantitative estimate of drug-likeness (QED) is 0.884. The molecule has 0 bridgehead atoms. The SMILES string of the molecule is O=C(CCc1cc(Br)cs1)N1C[C@@H]2CCC[C@@]2(C(=O)O)C1. The van der Waals surface area contributed by atoms with Gasteiger partial charge in [0.2, 0.25) is 5.91 Å². The van der Waals surface area contributed by atoms with Gasteiger partial charge in [-0.25, -0.2) is 0 Å². The van der Waals surface area contributed by atoms with Crippen molar-refractivity contribution in [3.8, 4) is 0 Å². The largest absolute Gasteiger partial charge is 0.481 e. The number of carboxylic acids is 1. The van der Waals surface area contributed by atoms with Crippen LogP contribution in [-0.2, 0) is 16.0 Å². The van der Waals surface area contributed by atoms with Gasteiger partial charge in [0.15, 0.2) is 0 Å². The molecule has 1 aliphatic heterocycles. The summed E-state index contributed by atoms with van der Waals surface area (Å²) in [5.74, 6) is -0.480. The summed E-state index contributed by atoms with van der Waals surface area (Å²) in [5, 5.41) is 11.6. The number of aryl methyl sites for hydroxylation is 1. The summed E-state index contributed by atoms with van der Waals surface area (Å²) in [6.07, 6.45) is 3.83. The second-order valence-electron chi connectivity index (χ2n) is 6.06. The number of carbonyl (C=O) groups excluding carboxylic acids is 1. The molecule has 4 nitrogen and oxygen atoms in total. The van der Waals surface area contributed by atoms with E-state index in [0.29, 0.717) is 25.9 Å². The molecule has 2 heterocycles. The topological polar surface area (TPSA) is 57.6 Å². The van der Waals surface area contributed by atoms with Crippen molar-refractivity contribution in [1.82, 2.24) is 4.90 Å². The van der Waals surface area contributed by atoms with Gasteiger partial charge in [-0.1, -0.05) is 6.42 Å². The number of nitrogens with zero attached hydrogens (tertiary/aromatic N) is 1. The Balaban J connectivity index is 1.61. The van der Waals surface area contributed by atoms with E-state index >= 15 is 0 Å². The molecule has 114 valence electrons. The molecule has 2 aliphatic rings. The van der Waals surface area contributed by atoms with Gasteiger partial charge >= 0.3 is 5.97 Å². The third kappa shape index (κ3) is 2.75. The van der Waals surface area contributed by atoms with E-state index in [-0.39, 0.29) is 11.8 Å². The van der Waals surface area contributed by atoms with Crippen LogP contribution < -0.4 is 0 Å². The van der Waals surface area contributed by atoms with Crippen molar-refractivity contribution in [2.45, 2.75) is 32.1 Å². The van der Waals surface area contributed by atoms with Gasteiger partial charge in [0.1, 0.15) is 0 Å². The summed E-state index contributed by atoms with van der Waals surface area (Å²) in [7, 11) is 0. The molecule has 1 saturated carbocycles. The van der Waals surface area contributed by atoms with Crippen molar-refractivity contribution >= 4 is 39.1 Å². The zero-order valence-corrected chi connectivity index (χ0v) is 14.1. The molecule has 2 fully saturated rings. The molecule has 0 spiro atoms. The Bertz CT molecular complexity index is 573. The fourth-order valence-corrected chi connectivity index (χ4v) is 5.16. The number of carboxylic acid groups (broad SMARTS) is 1. The molecule has 21 heavy (non-hydrogen) atoms. The van der Waals surface area contributed by atoms with E-state index in [0.717, 1.165) is 23.7 Å². The zero-order chi connectivity index (χ0) is 15.0. The van der Waals surface area contributed by atoms with Crippen LogP contribution >= 0.6 is 27.3 Å². The number of thiophene rings is 1. The number of halogens is 1. The zero-order valence-electron chi connectivity index (χ0n) is 11.7. The van der Waals surface area contributed by atoms with E-state index in [1.807, 2.05) is 11.4 Å². The second-order valence-corrected chi connectivity index (χ2v) is 7.97. The van der Waals surface area contributed by atoms with Crippen molar-refractivity contribution in [3.05, 3.63) is 20.8 Å². The lowest BCUT2D eigenvalue weighted by Crippen LogP contribution is -2.37. The van der Waals surface area contributed by atoms with Crippen molar-refractivity contribution < 1.29 is 14.7 Å². The fourth-order valence-electron chi connectivity index (χ4n) is 3.70. The van der Waals surface area contributed by atoms with Gasteiger partial charge in [0.25, 0.3) is 0 Å². The average Bonchev–Trinajstić information content (AvgIpc) is 3.09. The Hall–Kier alpha value is -0.880. The molecule has 0 radical (unpaired) electrons. The molecule has 3 rings (SSSR count). The Morgan fingerprint density at radius 2 is 2.33 bits per heavy atom. The standard InChI is InChI=1S/C15H18BrNO3S/c16-11-6-12(21-8-11)3-4-13(18)17-7-10-2-1-5-15(10,9-17)14(19)20/h6,8,10H,1-5,7,9H2,(H,19,20)/t10-,15+/m0/s1. The molecule has 1 amide bonds. The van der Waals surface area contributed by atoms with Gasteiger partial charge in [0, 0.05) is 34.2 Å². The maximum atomic E-state index is 12.3. The maximum Gasteiger partial charge on any atom is 0.311 e. The summed E-state index contributed by atoms with van der Waals surface area (Å²) in [4.78, 5) is 26.9. The average molecular weight is 372 g/mol. The molecule has 6 heteroatoms. The van der Waals surface area contributed by atoms with E-state index in [9.17, 15) is 14.7 Å². The molecule has 1 N–H and O–H groups in total. The van der Waals surface area contributed by atoms with Crippen LogP contribution in [0.1, 0.15) is 30.6 Å². The summed E-state index contributed by atoms with van der Waals surface area (Å²) < 4.78 is 1.05. The molecule has 0 unspecified atom stereocenters. The van der Waals surface area contributed by atoms with E-state index < -0.39 is 11.4 Å².